The maximum absolute atomic E-state index is 12.5. The topological polar surface area (TPSA) is 61.4 Å². The highest BCUT2D eigenvalue weighted by molar-refractivity contribution is 8.04. The Labute approximate surface area is 169 Å². The number of likely N-dealkylation sites (N-methyl/N-ethyl adjacent to an activating group) is 1. The Morgan fingerprint density at radius 2 is 2.22 bits per heavy atom. The molecule has 2 amide bonds. The van der Waals surface area contributed by atoms with Crippen molar-refractivity contribution in [1.82, 2.24) is 15.5 Å². The molecule has 3 unspecified atom stereocenters. The van der Waals surface area contributed by atoms with Gasteiger partial charge in [-0.3, -0.25) is 9.59 Å². The standard InChI is InChI=1S/C20H26ClN3O2S/c1-24(2)9-8-22-19(25)14-6-7-17-16(12-14)23-20(26)18(27-17)11-13-4-3-5-15(21)10-13/h3-5,10-11,14,16-17H,6-9,12H2,1-2H3,(H,22,25)(H,23,26)/b18-11+. The molecule has 3 atom stereocenters. The maximum Gasteiger partial charge on any atom is 0.257 e. The number of nitrogens with zero attached hydrogens (tertiary/aromatic N) is 1. The smallest absolute Gasteiger partial charge is 0.257 e. The molecule has 27 heavy (non-hydrogen) atoms. The van der Waals surface area contributed by atoms with Gasteiger partial charge >= 0.3 is 0 Å². The molecule has 2 N–H and O–H groups in total. The van der Waals surface area contributed by atoms with E-state index in [1.165, 1.54) is 0 Å². The molecule has 1 aromatic carbocycles. The highest BCUT2D eigenvalue weighted by Gasteiger charge is 2.39. The van der Waals surface area contributed by atoms with Crippen LogP contribution in [0.25, 0.3) is 6.08 Å². The van der Waals surface area contributed by atoms with Gasteiger partial charge in [-0.15, -0.1) is 11.8 Å². The maximum atomic E-state index is 12.5. The van der Waals surface area contributed by atoms with Crippen LogP contribution in [0.5, 0.6) is 0 Å². The molecule has 7 heteroatoms. The van der Waals surface area contributed by atoms with Crippen LogP contribution >= 0.6 is 23.4 Å². The molecule has 0 bridgehead atoms. The Bertz CT molecular complexity index is 738. The molecule has 1 saturated heterocycles. The summed E-state index contributed by atoms with van der Waals surface area (Å²) in [5, 5.41) is 7.10. The zero-order chi connectivity index (χ0) is 19.4. The van der Waals surface area contributed by atoms with Crippen molar-refractivity contribution in [3.05, 3.63) is 39.8 Å². The van der Waals surface area contributed by atoms with Gasteiger partial charge in [-0.2, -0.15) is 0 Å². The lowest BCUT2D eigenvalue weighted by Crippen LogP contribution is -2.51. The van der Waals surface area contributed by atoms with Gasteiger partial charge in [-0.05, 0) is 57.1 Å². The number of nitrogens with one attached hydrogen (secondary N) is 2. The van der Waals surface area contributed by atoms with E-state index in [9.17, 15) is 9.59 Å². The van der Waals surface area contributed by atoms with E-state index in [2.05, 4.69) is 10.6 Å². The lowest BCUT2D eigenvalue weighted by Gasteiger charge is -2.39. The fourth-order valence-corrected chi connectivity index (χ4v) is 5.02. The lowest BCUT2D eigenvalue weighted by molar-refractivity contribution is -0.127. The van der Waals surface area contributed by atoms with Crippen LogP contribution in [0.4, 0.5) is 0 Å². The van der Waals surface area contributed by atoms with Crippen LogP contribution in [-0.2, 0) is 9.59 Å². The average molecular weight is 408 g/mol. The molecular formula is C20H26ClN3O2S. The SMILES string of the molecule is CN(C)CCNC(=O)C1CCC2S/C(=C/c3cccc(Cl)c3)C(=O)NC2C1. The zero-order valence-corrected chi connectivity index (χ0v) is 17.3. The summed E-state index contributed by atoms with van der Waals surface area (Å²) in [5.41, 5.74) is 0.924. The Morgan fingerprint density at radius 3 is 2.96 bits per heavy atom. The molecule has 3 rings (SSSR count). The predicted molar refractivity (Wildman–Crippen MR) is 112 cm³/mol. The molecular weight excluding hydrogens is 382 g/mol. The van der Waals surface area contributed by atoms with Gasteiger partial charge in [0.05, 0.1) is 4.91 Å². The number of hydrogen-bond donors (Lipinski definition) is 2. The molecule has 0 radical (unpaired) electrons. The van der Waals surface area contributed by atoms with E-state index in [4.69, 9.17) is 11.6 Å². The average Bonchev–Trinajstić information content (AvgIpc) is 2.61. The second-order valence-electron chi connectivity index (χ2n) is 7.40. The molecule has 1 aliphatic carbocycles. The van der Waals surface area contributed by atoms with Crippen molar-refractivity contribution in [1.29, 1.82) is 0 Å². The van der Waals surface area contributed by atoms with Crippen molar-refractivity contribution in [2.75, 3.05) is 27.2 Å². The molecule has 1 aliphatic heterocycles. The van der Waals surface area contributed by atoms with E-state index in [1.54, 1.807) is 11.8 Å². The van der Waals surface area contributed by atoms with E-state index < -0.39 is 0 Å². The second-order valence-corrected chi connectivity index (χ2v) is 9.12. The number of hydrogen-bond acceptors (Lipinski definition) is 4. The largest absolute Gasteiger partial charge is 0.355 e. The van der Waals surface area contributed by atoms with Crippen LogP contribution in [-0.4, -0.2) is 55.2 Å². The first-order chi connectivity index (χ1) is 12.9. The minimum absolute atomic E-state index is 0.0206. The molecule has 2 aliphatic rings. The first-order valence-electron chi connectivity index (χ1n) is 9.29. The van der Waals surface area contributed by atoms with Gasteiger partial charge in [0.1, 0.15) is 0 Å². The molecule has 1 aromatic rings. The molecule has 5 nitrogen and oxygen atoms in total. The molecule has 146 valence electrons. The van der Waals surface area contributed by atoms with E-state index in [0.29, 0.717) is 28.1 Å². The van der Waals surface area contributed by atoms with Gasteiger partial charge in [-0.1, -0.05) is 23.7 Å². The number of thioether (sulfide) groups is 1. The third-order valence-electron chi connectivity index (χ3n) is 4.98. The van der Waals surface area contributed by atoms with Crippen molar-refractivity contribution in [3.8, 4) is 0 Å². The summed E-state index contributed by atoms with van der Waals surface area (Å²) in [6, 6.07) is 7.54. The van der Waals surface area contributed by atoms with Gasteiger partial charge in [0, 0.05) is 35.3 Å². The van der Waals surface area contributed by atoms with Crippen molar-refractivity contribution in [3.63, 3.8) is 0 Å². The van der Waals surface area contributed by atoms with Crippen molar-refractivity contribution >= 4 is 41.3 Å². The zero-order valence-electron chi connectivity index (χ0n) is 15.7. The minimum Gasteiger partial charge on any atom is -0.355 e. The number of fused-ring (bicyclic) bond motifs is 1. The quantitative estimate of drug-likeness (QED) is 0.737. The van der Waals surface area contributed by atoms with Gasteiger partial charge in [0.2, 0.25) is 5.91 Å². The number of rotatable bonds is 5. The summed E-state index contributed by atoms with van der Waals surface area (Å²) in [4.78, 5) is 27.7. The number of amides is 2. The fourth-order valence-electron chi connectivity index (χ4n) is 3.52. The number of carbonyl (C=O) groups is 2. The minimum atomic E-state index is -0.0603. The van der Waals surface area contributed by atoms with Crippen LogP contribution < -0.4 is 10.6 Å². The Morgan fingerprint density at radius 1 is 1.41 bits per heavy atom. The van der Waals surface area contributed by atoms with Gasteiger partial charge in [-0.25, -0.2) is 0 Å². The summed E-state index contributed by atoms with van der Waals surface area (Å²) in [5.74, 6) is 0.0254. The van der Waals surface area contributed by atoms with Gasteiger partial charge in [0.25, 0.3) is 5.91 Å². The summed E-state index contributed by atoms with van der Waals surface area (Å²) < 4.78 is 0. The molecule has 0 spiro atoms. The second kappa shape index (κ2) is 9.13. The molecule has 0 aromatic heterocycles. The summed E-state index contributed by atoms with van der Waals surface area (Å²) in [6.07, 6.45) is 4.39. The third-order valence-corrected chi connectivity index (χ3v) is 6.64. The van der Waals surface area contributed by atoms with E-state index in [0.717, 1.165) is 24.9 Å². The molecule has 1 heterocycles. The fraction of sp³-hybridized carbons (Fsp3) is 0.500. The third kappa shape index (κ3) is 5.50. The highest BCUT2D eigenvalue weighted by Crippen LogP contribution is 2.40. The molecule has 2 fully saturated rings. The number of carbonyl (C=O) groups excluding carboxylic acids is 2. The van der Waals surface area contributed by atoms with Crippen molar-refractivity contribution < 1.29 is 9.59 Å². The highest BCUT2D eigenvalue weighted by atomic mass is 35.5. The van der Waals surface area contributed by atoms with Crippen molar-refractivity contribution in [2.45, 2.75) is 30.6 Å². The van der Waals surface area contributed by atoms with Gasteiger partial charge in [0.15, 0.2) is 0 Å². The Hall–Kier alpha value is -1.50. The summed E-state index contributed by atoms with van der Waals surface area (Å²) >= 11 is 7.66. The number of halogens is 1. The van der Waals surface area contributed by atoms with E-state index >= 15 is 0 Å². The monoisotopic (exact) mass is 407 g/mol. The van der Waals surface area contributed by atoms with Gasteiger partial charge < -0.3 is 15.5 Å². The Kier molecular flexibility index (Phi) is 6.84. The van der Waals surface area contributed by atoms with E-state index in [1.807, 2.05) is 49.3 Å². The normalized spacial score (nSPS) is 26.6. The van der Waals surface area contributed by atoms with Crippen LogP contribution in [0.3, 0.4) is 0 Å². The Balaban J connectivity index is 1.58. The van der Waals surface area contributed by atoms with Crippen LogP contribution in [0, 0.1) is 5.92 Å². The van der Waals surface area contributed by atoms with Crippen LogP contribution in [0.15, 0.2) is 29.2 Å². The summed E-state index contributed by atoms with van der Waals surface area (Å²) in [7, 11) is 3.97. The first kappa shape index (κ1) is 20.2. The van der Waals surface area contributed by atoms with Crippen LogP contribution in [0.1, 0.15) is 24.8 Å². The van der Waals surface area contributed by atoms with Crippen LogP contribution in [0.2, 0.25) is 5.02 Å². The predicted octanol–water partition coefficient (Wildman–Crippen LogP) is 2.76. The molecule has 1 saturated carbocycles. The lowest BCUT2D eigenvalue weighted by atomic mass is 9.84. The summed E-state index contributed by atoms with van der Waals surface area (Å²) in [6.45, 7) is 1.48. The first-order valence-corrected chi connectivity index (χ1v) is 10.6. The van der Waals surface area contributed by atoms with E-state index in [-0.39, 0.29) is 23.8 Å². The van der Waals surface area contributed by atoms with Crippen molar-refractivity contribution in [2.24, 2.45) is 5.92 Å². The number of benzene rings is 1.